The van der Waals surface area contributed by atoms with Crippen LogP contribution < -0.4 is 0 Å². The van der Waals surface area contributed by atoms with Gasteiger partial charge in [-0.2, -0.15) is 0 Å². The minimum absolute atomic E-state index is 0.871. The minimum atomic E-state index is 0.871. The van der Waals surface area contributed by atoms with Crippen molar-refractivity contribution in [2.24, 2.45) is 0 Å². The minimum Gasteiger partial charge on any atom is -0.333 e. The third kappa shape index (κ3) is 2.56. The van der Waals surface area contributed by atoms with E-state index in [1.54, 1.807) is 0 Å². The highest BCUT2D eigenvalue weighted by Crippen LogP contribution is 2.28. The van der Waals surface area contributed by atoms with Crippen molar-refractivity contribution < 1.29 is 0 Å². The molecule has 0 fully saturated rings. The molecule has 2 heterocycles. The van der Waals surface area contributed by atoms with Gasteiger partial charge in [-0.15, -0.1) is 0 Å². The normalized spacial score (nSPS) is 11.1. The zero-order chi connectivity index (χ0) is 15.7. The van der Waals surface area contributed by atoms with E-state index in [1.807, 2.05) is 37.4 Å². The molecule has 0 aliphatic rings. The Labute approximate surface area is 131 Å². The Bertz CT molecular complexity index is 705. The summed E-state index contributed by atoms with van der Waals surface area (Å²) in [5.74, 6) is 0. The van der Waals surface area contributed by atoms with Crippen LogP contribution in [0.1, 0.15) is 33.4 Å². The van der Waals surface area contributed by atoms with E-state index >= 15 is 0 Å². The molecule has 3 rings (SSSR count). The van der Waals surface area contributed by atoms with Gasteiger partial charge in [0, 0.05) is 37.9 Å². The van der Waals surface area contributed by atoms with E-state index in [0.717, 1.165) is 13.1 Å². The molecule has 0 bridgehead atoms. The molecule has 0 amide bonds. The van der Waals surface area contributed by atoms with Gasteiger partial charge in [0.1, 0.15) is 0 Å². The number of benzene rings is 1. The number of nitrogens with zero attached hydrogens (tertiary/aromatic N) is 4. The molecule has 0 spiro atoms. The maximum atomic E-state index is 4.15. The van der Waals surface area contributed by atoms with Crippen LogP contribution in [0.3, 0.4) is 0 Å². The number of aromatic nitrogens is 4. The first-order valence-corrected chi connectivity index (χ1v) is 7.57. The summed E-state index contributed by atoms with van der Waals surface area (Å²) in [4.78, 5) is 8.30. The van der Waals surface area contributed by atoms with Crippen molar-refractivity contribution in [3.8, 4) is 0 Å². The van der Waals surface area contributed by atoms with E-state index < -0.39 is 0 Å². The summed E-state index contributed by atoms with van der Waals surface area (Å²) in [6.07, 6.45) is 11.5. The van der Waals surface area contributed by atoms with E-state index in [-0.39, 0.29) is 0 Å². The van der Waals surface area contributed by atoms with E-state index in [0.29, 0.717) is 0 Å². The zero-order valence-electron chi connectivity index (χ0n) is 13.7. The van der Waals surface area contributed by atoms with Gasteiger partial charge >= 0.3 is 0 Å². The lowest BCUT2D eigenvalue weighted by Crippen LogP contribution is -2.11. The summed E-state index contributed by atoms with van der Waals surface area (Å²) in [6.45, 7) is 10.6. The van der Waals surface area contributed by atoms with Gasteiger partial charge in [-0.3, -0.25) is 0 Å². The summed E-state index contributed by atoms with van der Waals surface area (Å²) >= 11 is 0. The average molecular weight is 294 g/mol. The second kappa shape index (κ2) is 5.79. The summed E-state index contributed by atoms with van der Waals surface area (Å²) in [5.41, 5.74) is 8.34. The van der Waals surface area contributed by atoms with Crippen molar-refractivity contribution in [2.75, 3.05) is 0 Å². The smallest absolute Gasteiger partial charge is 0.0949 e. The van der Waals surface area contributed by atoms with Crippen LogP contribution in [0.25, 0.3) is 0 Å². The summed E-state index contributed by atoms with van der Waals surface area (Å²) < 4.78 is 4.26. The Morgan fingerprint density at radius 1 is 0.682 bits per heavy atom. The highest BCUT2D eigenvalue weighted by Gasteiger charge is 2.15. The quantitative estimate of drug-likeness (QED) is 0.739. The topological polar surface area (TPSA) is 35.6 Å². The molecule has 0 saturated heterocycles. The largest absolute Gasteiger partial charge is 0.333 e. The number of hydrogen-bond donors (Lipinski definition) is 0. The fraction of sp³-hybridized carbons (Fsp3) is 0.333. The zero-order valence-corrected chi connectivity index (χ0v) is 13.7. The second-order valence-corrected chi connectivity index (χ2v) is 5.93. The Hall–Kier alpha value is -2.36. The lowest BCUT2D eigenvalue weighted by molar-refractivity contribution is 0.757. The molecule has 0 atom stereocenters. The second-order valence-electron chi connectivity index (χ2n) is 5.93. The predicted octanol–water partition coefficient (Wildman–Crippen LogP) is 3.41. The Kier molecular flexibility index (Phi) is 3.84. The van der Waals surface area contributed by atoms with Crippen molar-refractivity contribution in [3.05, 3.63) is 70.8 Å². The molecule has 0 N–H and O–H groups in total. The molecule has 4 heteroatoms. The molecule has 0 aliphatic heterocycles. The van der Waals surface area contributed by atoms with Crippen LogP contribution in [0.15, 0.2) is 37.4 Å². The van der Waals surface area contributed by atoms with E-state index in [1.165, 1.54) is 33.4 Å². The maximum Gasteiger partial charge on any atom is 0.0949 e. The lowest BCUT2D eigenvalue weighted by Gasteiger charge is -2.21. The molecular weight excluding hydrogens is 272 g/mol. The number of rotatable bonds is 4. The first-order chi connectivity index (χ1) is 10.6. The molecule has 1 aromatic carbocycles. The summed E-state index contributed by atoms with van der Waals surface area (Å²) in [7, 11) is 0. The molecule has 2 aromatic heterocycles. The maximum absolute atomic E-state index is 4.15. The lowest BCUT2D eigenvalue weighted by atomic mass is 9.88. The Balaban J connectivity index is 2.07. The standard InChI is InChI=1S/C18H22N4/c1-13-14(2)17(9-21-7-5-19-11-21)16(4)18(15(13)3)10-22-8-6-20-12-22/h5-8,11-12H,9-10H2,1-4H3. The molecule has 22 heavy (non-hydrogen) atoms. The van der Waals surface area contributed by atoms with Gasteiger partial charge in [0.25, 0.3) is 0 Å². The molecule has 0 aliphatic carbocycles. The Morgan fingerprint density at radius 3 is 1.50 bits per heavy atom. The highest BCUT2D eigenvalue weighted by atomic mass is 15.0. The molecular formula is C18H22N4. The highest BCUT2D eigenvalue weighted by molar-refractivity contribution is 5.50. The summed E-state index contributed by atoms with van der Waals surface area (Å²) in [6, 6.07) is 0. The SMILES string of the molecule is Cc1c(C)c(Cn2ccnc2)c(C)c(Cn2ccnc2)c1C. The van der Waals surface area contributed by atoms with Crippen LogP contribution in [0, 0.1) is 27.7 Å². The predicted molar refractivity (Wildman–Crippen MR) is 88.0 cm³/mol. The average Bonchev–Trinajstić information content (AvgIpc) is 3.19. The van der Waals surface area contributed by atoms with E-state index in [4.69, 9.17) is 0 Å². The van der Waals surface area contributed by atoms with Crippen LogP contribution in [0.5, 0.6) is 0 Å². The molecule has 3 aromatic rings. The molecule has 0 radical (unpaired) electrons. The van der Waals surface area contributed by atoms with Crippen molar-refractivity contribution in [3.63, 3.8) is 0 Å². The van der Waals surface area contributed by atoms with Gasteiger partial charge < -0.3 is 9.13 Å². The fourth-order valence-corrected chi connectivity index (χ4v) is 3.08. The van der Waals surface area contributed by atoms with Crippen LogP contribution in [0.4, 0.5) is 0 Å². The monoisotopic (exact) mass is 294 g/mol. The van der Waals surface area contributed by atoms with Crippen LogP contribution >= 0.6 is 0 Å². The summed E-state index contributed by atoms with van der Waals surface area (Å²) in [5, 5.41) is 0. The number of imidazole rings is 2. The fourth-order valence-electron chi connectivity index (χ4n) is 3.08. The molecule has 114 valence electrons. The van der Waals surface area contributed by atoms with Crippen LogP contribution in [-0.2, 0) is 13.1 Å². The number of hydrogen-bond acceptors (Lipinski definition) is 2. The van der Waals surface area contributed by atoms with Crippen LogP contribution in [-0.4, -0.2) is 19.1 Å². The van der Waals surface area contributed by atoms with Gasteiger partial charge in [0.15, 0.2) is 0 Å². The molecule has 0 saturated carbocycles. The third-order valence-corrected chi connectivity index (χ3v) is 4.74. The van der Waals surface area contributed by atoms with Crippen molar-refractivity contribution in [1.29, 1.82) is 0 Å². The van der Waals surface area contributed by atoms with Crippen LogP contribution in [0.2, 0.25) is 0 Å². The third-order valence-electron chi connectivity index (χ3n) is 4.74. The first kappa shape index (κ1) is 14.6. The van der Waals surface area contributed by atoms with Gasteiger partial charge in [-0.25, -0.2) is 9.97 Å². The Morgan fingerprint density at radius 2 is 1.14 bits per heavy atom. The van der Waals surface area contributed by atoms with Crippen molar-refractivity contribution >= 4 is 0 Å². The first-order valence-electron chi connectivity index (χ1n) is 7.57. The van der Waals surface area contributed by atoms with E-state index in [9.17, 15) is 0 Å². The van der Waals surface area contributed by atoms with Crippen molar-refractivity contribution in [2.45, 2.75) is 40.8 Å². The van der Waals surface area contributed by atoms with Gasteiger partial charge in [-0.05, 0) is 61.1 Å². The molecule has 0 unspecified atom stereocenters. The van der Waals surface area contributed by atoms with Gasteiger partial charge in [0.2, 0.25) is 0 Å². The van der Waals surface area contributed by atoms with Gasteiger partial charge in [-0.1, -0.05) is 0 Å². The van der Waals surface area contributed by atoms with Crippen molar-refractivity contribution in [1.82, 2.24) is 19.1 Å². The van der Waals surface area contributed by atoms with Gasteiger partial charge in [0.05, 0.1) is 12.7 Å². The molecule has 4 nitrogen and oxygen atoms in total. The van der Waals surface area contributed by atoms with E-state index in [2.05, 4.69) is 46.8 Å².